The molecule has 2 aromatic rings. The summed E-state index contributed by atoms with van der Waals surface area (Å²) < 4.78 is 0. The highest BCUT2D eigenvalue weighted by Gasteiger charge is 2.07. The van der Waals surface area contributed by atoms with E-state index in [9.17, 15) is 0 Å². The van der Waals surface area contributed by atoms with Crippen LogP contribution in [-0.2, 0) is 0 Å². The zero-order valence-corrected chi connectivity index (χ0v) is 11.1. The highest BCUT2D eigenvalue weighted by molar-refractivity contribution is 5.60. The molecule has 0 atom stereocenters. The van der Waals surface area contributed by atoms with E-state index in [1.807, 2.05) is 32.2 Å². The number of nitrogens with one attached hydrogen (secondary N) is 1. The molecule has 0 aliphatic carbocycles. The number of anilines is 1. The summed E-state index contributed by atoms with van der Waals surface area (Å²) in [4.78, 5) is 13.1. The van der Waals surface area contributed by atoms with Crippen LogP contribution in [0.4, 0.5) is 5.82 Å². The van der Waals surface area contributed by atoms with E-state index in [4.69, 9.17) is 0 Å². The molecule has 0 fully saturated rings. The fourth-order valence-electron chi connectivity index (χ4n) is 1.76. The summed E-state index contributed by atoms with van der Waals surface area (Å²) in [5, 5.41) is 3.30. The number of aryl methyl sites for hydroxylation is 2. The van der Waals surface area contributed by atoms with Gasteiger partial charge in [-0.3, -0.25) is 4.98 Å². The van der Waals surface area contributed by atoms with Crippen LogP contribution in [0, 0.1) is 13.8 Å². The van der Waals surface area contributed by atoms with Crippen molar-refractivity contribution in [2.24, 2.45) is 0 Å². The van der Waals surface area contributed by atoms with E-state index in [2.05, 4.69) is 27.2 Å². The molecular formula is C14H18N4. The second-order valence-electron chi connectivity index (χ2n) is 4.34. The molecule has 4 nitrogen and oxygen atoms in total. The predicted octanol–water partition coefficient (Wildman–Crippen LogP) is 2.98. The van der Waals surface area contributed by atoms with E-state index in [1.165, 1.54) is 0 Å². The maximum atomic E-state index is 4.55. The summed E-state index contributed by atoms with van der Waals surface area (Å²) in [6, 6.07) is 3.92. The smallest absolute Gasteiger partial charge is 0.162 e. The van der Waals surface area contributed by atoms with Crippen LogP contribution in [0.15, 0.2) is 24.5 Å². The number of rotatable bonds is 4. The molecule has 0 aromatic carbocycles. The van der Waals surface area contributed by atoms with Crippen molar-refractivity contribution in [1.82, 2.24) is 15.0 Å². The molecule has 0 spiro atoms. The summed E-state index contributed by atoms with van der Waals surface area (Å²) in [6.07, 6.45) is 4.68. The van der Waals surface area contributed by atoms with Crippen LogP contribution >= 0.6 is 0 Å². The highest BCUT2D eigenvalue weighted by atomic mass is 15.0. The lowest BCUT2D eigenvalue weighted by atomic mass is 10.1. The van der Waals surface area contributed by atoms with Gasteiger partial charge in [0.15, 0.2) is 5.82 Å². The van der Waals surface area contributed by atoms with Gasteiger partial charge in [-0.1, -0.05) is 6.92 Å². The first-order chi connectivity index (χ1) is 8.70. The average Bonchev–Trinajstić information content (AvgIpc) is 2.36. The molecule has 4 heteroatoms. The standard InChI is InChI=1S/C14H18N4/c1-4-6-16-13-8-11(3)17-14(18-13)12-5-7-15-9-10(12)2/h5,7-9H,4,6H2,1-3H3,(H,16,17,18). The molecule has 94 valence electrons. The van der Waals surface area contributed by atoms with Crippen LogP contribution in [0.25, 0.3) is 11.4 Å². The summed E-state index contributed by atoms with van der Waals surface area (Å²) in [5.74, 6) is 1.64. The van der Waals surface area contributed by atoms with Crippen molar-refractivity contribution in [2.45, 2.75) is 27.2 Å². The Morgan fingerprint density at radius 1 is 1.22 bits per heavy atom. The molecule has 0 aliphatic rings. The van der Waals surface area contributed by atoms with E-state index in [0.29, 0.717) is 0 Å². The Labute approximate surface area is 108 Å². The SMILES string of the molecule is CCCNc1cc(C)nc(-c2ccncc2C)n1. The maximum Gasteiger partial charge on any atom is 0.162 e. The predicted molar refractivity (Wildman–Crippen MR) is 73.5 cm³/mol. The second-order valence-corrected chi connectivity index (χ2v) is 4.34. The summed E-state index contributed by atoms with van der Waals surface area (Å²) in [6.45, 7) is 7.06. The third kappa shape index (κ3) is 2.83. The van der Waals surface area contributed by atoms with Gasteiger partial charge in [0.1, 0.15) is 5.82 Å². The minimum atomic E-state index is 0.758. The summed E-state index contributed by atoms with van der Waals surface area (Å²) in [7, 11) is 0. The quantitative estimate of drug-likeness (QED) is 0.895. The molecule has 2 rings (SSSR count). The molecule has 0 saturated carbocycles. The van der Waals surface area contributed by atoms with Gasteiger partial charge in [0.05, 0.1) is 0 Å². The molecule has 0 unspecified atom stereocenters. The van der Waals surface area contributed by atoms with E-state index in [1.54, 1.807) is 6.20 Å². The van der Waals surface area contributed by atoms with Gasteiger partial charge < -0.3 is 5.32 Å². The van der Waals surface area contributed by atoms with E-state index in [-0.39, 0.29) is 0 Å². The average molecular weight is 242 g/mol. The Kier molecular flexibility index (Phi) is 3.87. The largest absolute Gasteiger partial charge is 0.370 e. The molecule has 0 bridgehead atoms. The van der Waals surface area contributed by atoms with Gasteiger partial charge in [0.2, 0.25) is 0 Å². The van der Waals surface area contributed by atoms with Crippen molar-refractivity contribution in [3.05, 3.63) is 35.8 Å². The lowest BCUT2D eigenvalue weighted by Crippen LogP contribution is -2.04. The molecule has 0 aliphatic heterocycles. The Morgan fingerprint density at radius 2 is 2.06 bits per heavy atom. The molecule has 2 heterocycles. The van der Waals surface area contributed by atoms with Crippen molar-refractivity contribution in [2.75, 3.05) is 11.9 Å². The first kappa shape index (κ1) is 12.5. The van der Waals surface area contributed by atoms with Gasteiger partial charge in [-0.05, 0) is 31.9 Å². The number of nitrogens with zero attached hydrogens (tertiary/aromatic N) is 3. The molecule has 18 heavy (non-hydrogen) atoms. The molecule has 0 radical (unpaired) electrons. The van der Waals surface area contributed by atoms with Crippen LogP contribution < -0.4 is 5.32 Å². The minimum Gasteiger partial charge on any atom is -0.370 e. The van der Waals surface area contributed by atoms with Crippen molar-refractivity contribution in [3.8, 4) is 11.4 Å². The molecule has 1 N–H and O–H groups in total. The minimum absolute atomic E-state index is 0.758. The van der Waals surface area contributed by atoms with E-state index in [0.717, 1.165) is 41.4 Å². The fourth-order valence-corrected chi connectivity index (χ4v) is 1.76. The summed E-state index contributed by atoms with van der Waals surface area (Å²) >= 11 is 0. The summed E-state index contributed by atoms with van der Waals surface area (Å²) in [5.41, 5.74) is 3.09. The third-order valence-electron chi connectivity index (χ3n) is 2.67. The van der Waals surface area contributed by atoms with E-state index < -0.39 is 0 Å². The van der Waals surface area contributed by atoms with Crippen LogP contribution in [0.2, 0.25) is 0 Å². The van der Waals surface area contributed by atoms with Crippen molar-refractivity contribution < 1.29 is 0 Å². The van der Waals surface area contributed by atoms with Gasteiger partial charge in [-0.15, -0.1) is 0 Å². The van der Waals surface area contributed by atoms with Crippen LogP contribution in [0.3, 0.4) is 0 Å². The zero-order valence-electron chi connectivity index (χ0n) is 11.1. The van der Waals surface area contributed by atoms with Crippen molar-refractivity contribution >= 4 is 5.82 Å². The number of hydrogen-bond acceptors (Lipinski definition) is 4. The van der Waals surface area contributed by atoms with Gasteiger partial charge in [-0.2, -0.15) is 0 Å². The fraction of sp³-hybridized carbons (Fsp3) is 0.357. The number of hydrogen-bond donors (Lipinski definition) is 1. The molecular weight excluding hydrogens is 224 g/mol. The van der Waals surface area contributed by atoms with Crippen LogP contribution in [0.1, 0.15) is 24.6 Å². The second kappa shape index (κ2) is 5.58. The third-order valence-corrected chi connectivity index (χ3v) is 2.67. The molecule has 0 amide bonds. The van der Waals surface area contributed by atoms with Gasteiger partial charge in [-0.25, -0.2) is 9.97 Å². The lowest BCUT2D eigenvalue weighted by molar-refractivity contribution is 0.962. The number of aromatic nitrogens is 3. The van der Waals surface area contributed by atoms with Crippen LogP contribution in [0.5, 0.6) is 0 Å². The Bertz CT molecular complexity index is 537. The van der Waals surface area contributed by atoms with Crippen molar-refractivity contribution in [3.63, 3.8) is 0 Å². The zero-order chi connectivity index (χ0) is 13.0. The van der Waals surface area contributed by atoms with Gasteiger partial charge in [0, 0.05) is 36.3 Å². The first-order valence-corrected chi connectivity index (χ1v) is 6.21. The topological polar surface area (TPSA) is 50.7 Å². The number of pyridine rings is 1. The normalized spacial score (nSPS) is 10.4. The first-order valence-electron chi connectivity index (χ1n) is 6.21. The Hall–Kier alpha value is -1.97. The Balaban J connectivity index is 2.39. The highest BCUT2D eigenvalue weighted by Crippen LogP contribution is 2.20. The van der Waals surface area contributed by atoms with Crippen molar-refractivity contribution in [1.29, 1.82) is 0 Å². The maximum absolute atomic E-state index is 4.55. The van der Waals surface area contributed by atoms with Gasteiger partial charge in [0.25, 0.3) is 0 Å². The Morgan fingerprint density at radius 3 is 2.78 bits per heavy atom. The lowest BCUT2D eigenvalue weighted by Gasteiger charge is -2.09. The molecule has 0 saturated heterocycles. The monoisotopic (exact) mass is 242 g/mol. The van der Waals surface area contributed by atoms with E-state index >= 15 is 0 Å². The van der Waals surface area contributed by atoms with Gasteiger partial charge >= 0.3 is 0 Å². The molecule has 2 aromatic heterocycles. The van der Waals surface area contributed by atoms with Crippen LogP contribution in [-0.4, -0.2) is 21.5 Å².